The van der Waals surface area contributed by atoms with Gasteiger partial charge in [-0.25, -0.2) is 4.98 Å². The van der Waals surface area contributed by atoms with E-state index in [-0.39, 0.29) is 6.10 Å². The lowest BCUT2D eigenvalue weighted by Crippen LogP contribution is -2.26. The van der Waals surface area contributed by atoms with Crippen molar-refractivity contribution in [2.45, 2.75) is 31.4 Å². The molecule has 1 aliphatic rings. The standard InChI is InChI=1S/C15H21N3O2/c1-19-11-5-6-14-13(7-11)17-15(8-12(9-16)20-2)18(14)10-3-4-10/h5-7,10,12H,3-4,8-9,16H2,1-2H3. The Bertz CT molecular complexity index is 600. The normalized spacial score (nSPS) is 16.6. The van der Waals surface area contributed by atoms with Crippen LogP contribution in [0.5, 0.6) is 5.75 Å². The summed E-state index contributed by atoms with van der Waals surface area (Å²) in [4.78, 5) is 4.77. The second kappa shape index (κ2) is 5.42. The van der Waals surface area contributed by atoms with E-state index >= 15 is 0 Å². The number of hydrogen-bond donors (Lipinski definition) is 1. The second-order valence-corrected chi connectivity index (χ2v) is 5.28. The minimum atomic E-state index is 0.0196. The molecule has 1 aliphatic carbocycles. The molecule has 0 bridgehead atoms. The fourth-order valence-electron chi connectivity index (χ4n) is 2.61. The third-order valence-corrected chi connectivity index (χ3v) is 3.89. The molecule has 3 rings (SSSR count). The maximum absolute atomic E-state index is 5.73. The van der Waals surface area contributed by atoms with E-state index in [0.717, 1.165) is 23.5 Å². The van der Waals surface area contributed by atoms with Crippen molar-refractivity contribution in [1.29, 1.82) is 0 Å². The van der Waals surface area contributed by atoms with E-state index in [4.69, 9.17) is 20.2 Å². The van der Waals surface area contributed by atoms with Crippen LogP contribution < -0.4 is 10.5 Å². The first-order valence-electron chi connectivity index (χ1n) is 7.04. The van der Waals surface area contributed by atoms with E-state index in [0.29, 0.717) is 12.6 Å². The number of nitrogens with two attached hydrogens (primary N) is 1. The molecule has 2 N–H and O–H groups in total. The first kappa shape index (κ1) is 13.4. The van der Waals surface area contributed by atoms with Crippen molar-refractivity contribution in [2.75, 3.05) is 20.8 Å². The number of hydrogen-bond acceptors (Lipinski definition) is 4. The number of methoxy groups -OCH3 is 2. The molecule has 0 spiro atoms. The van der Waals surface area contributed by atoms with Gasteiger partial charge in [-0.15, -0.1) is 0 Å². The molecule has 1 saturated carbocycles. The average Bonchev–Trinajstić information content (AvgIpc) is 3.25. The highest BCUT2D eigenvalue weighted by atomic mass is 16.5. The molecule has 2 aromatic rings. The van der Waals surface area contributed by atoms with Crippen molar-refractivity contribution in [1.82, 2.24) is 9.55 Å². The van der Waals surface area contributed by atoms with Crippen LogP contribution in [0.1, 0.15) is 24.7 Å². The predicted octanol–water partition coefficient (Wildman–Crippen LogP) is 1.90. The zero-order valence-corrected chi connectivity index (χ0v) is 12.0. The summed E-state index contributed by atoms with van der Waals surface area (Å²) in [7, 11) is 3.38. The molecule has 1 atom stereocenters. The van der Waals surface area contributed by atoms with E-state index in [1.54, 1.807) is 14.2 Å². The van der Waals surface area contributed by atoms with E-state index < -0.39 is 0 Å². The summed E-state index contributed by atoms with van der Waals surface area (Å²) >= 11 is 0. The fourth-order valence-corrected chi connectivity index (χ4v) is 2.61. The molecule has 1 heterocycles. The van der Waals surface area contributed by atoms with Crippen LogP contribution in [-0.2, 0) is 11.2 Å². The lowest BCUT2D eigenvalue weighted by atomic mass is 10.2. The summed E-state index contributed by atoms with van der Waals surface area (Å²) in [5.41, 5.74) is 7.89. The highest BCUT2D eigenvalue weighted by molar-refractivity contribution is 5.78. The molecular formula is C15H21N3O2. The van der Waals surface area contributed by atoms with Crippen molar-refractivity contribution in [2.24, 2.45) is 5.73 Å². The van der Waals surface area contributed by atoms with Gasteiger partial charge >= 0.3 is 0 Å². The molecule has 1 fully saturated rings. The van der Waals surface area contributed by atoms with Crippen LogP contribution in [0.25, 0.3) is 11.0 Å². The lowest BCUT2D eigenvalue weighted by Gasteiger charge is -2.14. The number of nitrogens with zero attached hydrogens (tertiary/aromatic N) is 2. The van der Waals surface area contributed by atoms with E-state index in [1.807, 2.05) is 12.1 Å². The highest BCUT2D eigenvalue weighted by Gasteiger charge is 2.29. The van der Waals surface area contributed by atoms with Gasteiger partial charge in [-0.3, -0.25) is 0 Å². The molecule has 1 aromatic carbocycles. The Labute approximate surface area is 118 Å². The minimum Gasteiger partial charge on any atom is -0.497 e. The monoisotopic (exact) mass is 275 g/mol. The Hall–Kier alpha value is -1.59. The van der Waals surface area contributed by atoms with Gasteiger partial charge in [0, 0.05) is 32.2 Å². The van der Waals surface area contributed by atoms with Gasteiger partial charge in [0.1, 0.15) is 11.6 Å². The first-order chi connectivity index (χ1) is 9.76. The minimum absolute atomic E-state index is 0.0196. The summed E-state index contributed by atoms with van der Waals surface area (Å²) in [5.74, 6) is 1.90. The largest absolute Gasteiger partial charge is 0.497 e. The molecule has 20 heavy (non-hydrogen) atoms. The summed E-state index contributed by atoms with van der Waals surface area (Å²) < 4.78 is 13.0. The molecule has 1 aromatic heterocycles. The van der Waals surface area contributed by atoms with Gasteiger partial charge in [-0.2, -0.15) is 0 Å². The van der Waals surface area contributed by atoms with Crippen LogP contribution in [0, 0.1) is 0 Å². The van der Waals surface area contributed by atoms with Gasteiger partial charge in [0.25, 0.3) is 0 Å². The van der Waals surface area contributed by atoms with Crippen LogP contribution in [0.2, 0.25) is 0 Å². The van der Waals surface area contributed by atoms with Crippen molar-refractivity contribution in [3.8, 4) is 5.75 Å². The summed E-state index contributed by atoms with van der Waals surface area (Å²) in [6.07, 6.45) is 3.22. The third kappa shape index (κ3) is 2.39. The van der Waals surface area contributed by atoms with Crippen LogP contribution in [0.15, 0.2) is 18.2 Å². The Morgan fingerprint density at radius 1 is 1.40 bits per heavy atom. The van der Waals surface area contributed by atoms with Gasteiger partial charge in [0.15, 0.2) is 0 Å². The Balaban J connectivity index is 2.03. The summed E-state index contributed by atoms with van der Waals surface area (Å²) in [6.45, 7) is 0.508. The molecule has 0 saturated heterocycles. The van der Waals surface area contributed by atoms with Gasteiger partial charge in [0.2, 0.25) is 0 Å². The lowest BCUT2D eigenvalue weighted by molar-refractivity contribution is 0.107. The molecule has 5 nitrogen and oxygen atoms in total. The Morgan fingerprint density at radius 3 is 2.80 bits per heavy atom. The fraction of sp³-hybridized carbons (Fsp3) is 0.533. The van der Waals surface area contributed by atoms with Gasteiger partial charge in [-0.1, -0.05) is 0 Å². The smallest absolute Gasteiger partial charge is 0.121 e. The van der Waals surface area contributed by atoms with Crippen molar-refractivity contribution in [3.63, 3.8) is 0 Å². The topological polar surface area (TPSA) is 62.3 Å². The molecule has 108 valence electrons. The van der Waals surface area contributed by atoms with Crippen molar-refractivity contribution < 1.29 is 9.47 Å². The molecule has 1 unspecified atom stereocenters. The van der Waals surface area contributed by atoms with Crippen molar-refractivity contribution in [3.05, 3.63) is 24.0 Å². The maximum Gasteiger partial charge on any atom is 0.121 e. The summed E-state index contributed by atoms with van der Waals surface area (Å²) in [6, 6.07) is 6.65. The third-order valence-electron chi connectivity index (χ3n) is 3.89. The zero-order valence-electron chi connectivity index (χ0n) is 12.0. The zero-order chi connectivity index (χ0) is 14.1. The first-order valence-corrected chi connectivity index (χ1v) is 7.04. The molecular weight excluding hydrogens is 254 g/mol. The van der Waals surface area contributed by atoms with Gasteiger partial charge in [0.05, 0.1) is 24.2 Å². The van der Waals surface area contributed by atoms with Crippen LogP contribution in [-0.4, -0.2) is 36.4 Å². The maximum atomic E-state index is 5.73. The average molecular weight is 275 g/mol. The molecule has 0 radical (unpaired) electrons. The number of rotatable bonds is 6. The van der Waals surface area contributed by atoms with E-state index in [2.05, 4.69) is 10.6 Å². The number of ether oxygens (including phenoxy) is 2. The number of fused-ring (bicyclic) bond motifs is 1. The SMILES string of the molecule is COc1ccc2c(c1)nc(CC(CN)OC)n2C1CC1. The Morgan fingerprint density at radius 2 is 2.20 bits per heavy atom. The van der Waals surface area contributed by atoms with E-state index in [1.165, 1.54) is 18.4 Å². The van der Waals surface area contributed by atoms with Gasteiger partial charge < -0.3 is 19.8 Å². The molecule has 5 heteroatoms. The second-order valence-electron chi connectivity index (χ2n) is 5.28. The van der Waals surface area contributed by atoms with Crippen LogP contribution in [0.3, 0.4) is 0 Å². The predicted molar refractivity (Wildman–Crippen MR) is 78.1 cm³/mol. The highest BCUT2D eigenvalue weighted by Crippen LogP contribution is 2.39. The van der Waals surface area contributed by atoms with Crippen molar-refractivity contribution >= 4 is 11.0 Å². The number of benzene rings is 1. The molecule has 0 aliphatic heterocycles. The number of imidazole rings is 1. The van der Waals surface area contributed by atoms with Crippen LogP contribution >= 0.6 is 0 Å². The quantitative estimate of drug-likeness (QED) is 0.874. The van der Waals surface area contributed by atoms with Crippen LogP contribution in [0.4, 0.5) is 0 Å². The summed E-state index contributed by atoms with van der Waals surface area (Å²) in [5, 5.41) is 0. The Kier molecular flexibility index (Phi) is 3.63. The molecule has 0 amide bonds. The number of aromatic nitrogens is 2. The van der Waals surface area contributed by atoms with Gasteiger partial charge in [-0.05, 0) is 25.0 Å². The van der Waals surface area contributed by atoms with E-state index in [9.17, 15) is 0 Å².